The fourth-order valence-corrected chi connectivity index (χ4v) is 3.06. The van der Waals surface area contributed by atoms with Crippen molar-refractivity contribution in [1.82, 2.24) is 0 Å². The highest BCUT2D eigenvalue weighted by molar-refractivity contribution is 7.99. The van der Waals surface area contributed by atoms with Gasteiger partial charge in [0.2, 0.25) is 5.91 Å². The molecule has 1 aromatic carbocycles. The number of thioether (sulfide) groups is 1. The van der Waals surface area contributed by atoms with Crippen molar-refractivity contribution in [1.29, 1.82) is 0 Å². The van der Waals surface area contributed by atoms with Gasteiger partial charge in [-0.3, -0.25) is 4.79 Å². The van der Waals surface area contributed by atoms with Crippen LogP contribution in [0.25, 0.3) is 0 Å². The molecule has 0 aromatic heterocycles. The largest absolute Gasteiger partial charge is 0.325 e. The number of amides is 1. The molecule has 1 fully saturated rings. The Morgan fingerprint density at radius 2 is 2.07 bits per heavy atom. The molecule has 0 radical (unpaired) electrons. The van der Waals surface area contributed by atoms with E-state index in [9.17, 15) is 4.79 Å². The fraction of sp³-hybridized carbons (Fsp3) is 0.364. The normalized spacial score (nSPS) is 22.4. The zero-order valence-electron chi connectivity index (χ0n) is 7.75. The second kappa shape index (κ2) is 2.76. The van der Waals surface area contributed by atoms with Crippen molar-refractivity contribution in [2.75, 3.05) is 11.1 Å². The van der Waals surface area contributed by atoms with E-state index in [1.165, 1.54) is 4.90 Å². The Balaban J connectivity index is 2.00. The third kappa shape index (κ3) is 1.16. The predicted octanol–water partition coefficient (Wildman–Crippen LogP) is 2.51. The summed E-state index contributed by atoms with van der Waals surface area (Å²) in [5.74, 6) is 1.16. The van der Waals surface area contributed by atoms with Crippen LogP contribution in [0.2, 0.25) is 0 Å². The molecule has 1 N–H and O–H groups in total. The predicted molar refractivity (Wildman–Crippen MR) is 57.5 cm³/mol. The van der Waals surface area contributed by atoms with Gasteiger partial charge in [-0.1, -0.05) is 12.1 Å². The average molecular weight is 205 g/mol. The lowest BCUT2D eigenvalue weighted by Crippen LogP contribution is -2.24. The van der Waals surface area contributed by atoms with Crippen molar-refractivity contribution >= 4 is 23.4 Å². The lowest BCUT2D eigenvalue weighted by molar-refractivity contribution is -0.120. The number of hydrogen-bond acceptors (Lipinski definition) is 2. The van der Waals surface area contributed by atoms with E-state index < -0.39 is 0 Å². The van der Waals surface area contributed by atoms with E-state index in [0.29, 0.717) is 0 Å². The van der Waals surface area contributed by atoms with E-state index in [1.54, 1.807) is 11.8 Å². The van der Waals surface area contributed by atoms with Gasteiger partial charge in [0.05, 0.1) is 11.1 Å². The standard InChI is InChI=1S/C11H11NOS/c13-10-11(5-6-11)7-14-9-4-2-1-3-8(9)12-10/h1-4H,5-7H2,(H,12,13). The summed E-state index contributed by atoms with van der Waals surface area (Å²) in [5, 5.41) is 3.02. The molecule has 1 amide bonds. The molecule has 2 aliphatic rings. The molecule has 3 rings (SSSR count). The number of hydrogen-bond donors (Lipinski definition) is 1. The van der Waals surface area contributed by atoms with Crippen LogP contribution in [0.4, 0.5) is 5.69 Å². The first kappa shape index (κ1) is 8.36. The molecule has 14 heavy (non-hydrogen) atoms. The van der Waals surface area contributed by atoms with Gasteiger partial charge >= 0.3 is 0 Å². The second-order valence-corrected chi connectivity index (χ2v) is 5.04. The smallest absolute Gasteiger partial charge is 0.231 e. The number of benzene rings is 1. The Bertz CT molecular complexity index is 398. The SMILES string of the molecule is O=C1Nc2ccccc2SCC12CC2. The Morgan fingerprint density at radius 3 is 2.86 bits per heavy atom. The van der Waals surface area contributed by atoms with Crippen molar-refractivity contribution in [2.45, 2.75) is 17.7 Å². The van der Waals surface area contributed by atoms with Crippen LogP contribution in [0.15, 0.2) is 29.2 Å². The number of fused-ring (bicyclic) bond motifs is 1. The van der Waals surface area contributed by atoms with Gasteiger partial charge in [0, 0.05) is 10.6 Å². The highest BCUT2D eigenvalue weighted by Crippen LogP contribution is 2.52. The molecule has 1 aliphatic heterocycles. The van der Waals surface area contributed by atoms with Gasteiger partial charge in [0.25, 0.3) is 0 Å². The zero-order chi connectivity index (χ0) is 9.60. The first-order valence-electron chi connectivity index (χ1n) is 4.83. The fourth-order valence-electron chi connectivity index (χ4n) is 1.75. The molecule has 1 spiro atoms. The summed E-state index contributed by atoms with van der Waals surface area (Å²) in [4.78, 5) is 13.0. The van der Waals surface area contributed by atoms with Crippen LogP contribution in [0, 0.1) is 5.41 Å². The van der Waals surface area contributed by atoms with Crippen molar-refractivity contribution in [2.24, 2.45) is 5.41 Å². The number of carbonyl (C=O) groups excluding carboxylic acids is 1. The van der Waals surface area contributed by atoms with Gasteiger partial charge in [-0.2, -0.15) is 0 Å². The molecule has 1 heterocycles. The molecule has 0 unspecified atom stereocenters. The summed E-state index contributed by atoms with van der Waals surface area (Å²) >= 11 is 1.80. The highest BCUT2D eigenvalue weighted by atomic mass is 32.2. The van der Waals surface area contributed by atoms with E-state index in [-0.39, 0.29) is 11.3 Å². The zero-order valence-corrected chi connectivity index (χ0v) is 8.56. The molecule has 0 bridgehead atoms. The van der Waals surface area contributed by atoms with Crippen LogP contribution in [-0.2, 0) is 4.79 Å². The summed E-state index contributed by atoms with van der Waals surface area (Å²) < 4.78 is 0. The Morgan fingerprint density at radius 1 is 1.29 bits per heavy atom. The van der Waals surface area contributed by atoms with Gasteiger partial charge in [-0.05, 0) is 25.0 Å². The maximum absolute atomic E-state index is 11.8. The third-order valence-electron chi connectivity index (χ3n) is 2.97. The number of rotatable bonds is 0. The molecular weight excluding hydrogens is 194 g/mol. The number of nitrogens with one attached hydrogen (secondary N) is 1. The molecule has 2 nitrogen and oxygen atoms in total. The molecule has 3 heteroatoms. The molecule has 1 saturated carbocycles. The Labute approximate surface area is 87.1 Å². The Kier molecular flexibility index (Phi) is 1.65. The van der Waals surface area contributed by atoms with Gasteiger partial charge in [0.1, 0.15) is 0 Å². The number of carbonyl (C=O) groups is 1. The highest BCUT2D eigenvalue weighted by Gasteiger charge is 2.50. The van der Waals surface area contributed by atoms with Crippen molar-refractivity contribution in [3.05, 3.63) is 24.3 Å². The molecule has 0 saturated heterocycles. The summed E-state index contributed by atoms with van der Waals surface area (Å²) in [5.41, 5.74) is 0.940. The molecular formula is C11H11NOS. The van der Waals surface area contributed by atoms with Crippen LogP contribution in [0.5, 0.6) is 0 Å². The van der Waals surface area contributed by atoms with Crippen molar-refractivity contribution in [3.8, 4) is 0 Å². The van der Waals surface area contributed by atoms with E-state index >= 15 is 0 Å². The van der Waals surface area contributed by atoms with Crippen LogP contribution < -0.4 is 5.32 Å². The third-order valence-corrected chi connectivity index (χ3v) is 4.34. The topological polar surface area (TPSA) is 29.1 Å². The monoisotopic (exact) mass is 205 g/mol. The first-order valence-corrected chi connectivity index (χ1v) is 5.82. The minimum atomic E-state index is -0.0380. The van der Waals surface area contributed by atoms with Crippen molar-refractivity contribution < 1.29 is 4.79 Å². The number of anilines is 1. The van der Waals surface area contributed by atoms with E-state index in [1.807, 2.05) is 18.2 Å². The van der Waals surface area contributed by atoms with Crippen LogP contribution >= 0.6 is 11.8 Å². The quantitative estimate of drug-likeness (QED) is 0.705. The van der Waals surface area contributed by atoms with Crippen LogP contribution in [-0.4, -0.2) is 11.7 Å². The summed E-state index contributed by atoms with van der Waals surface area (Å²) in [7, 11) is 0. The lowest BCUT2D eigenvalue weighted by atomic mass is 10.1. The van der Waals surface area contributed by atoms with Crippen molar-refractivity contribution in [3.63, 3.8) is 0 Å². The lowest BCUT2D eigenvalue weighted by Gasteiger charge is -2.08. The van der Waals surface area contributed by atoms with E-state index in [0.717, 1.165) is 24.3 Å². The van der Waals surface area contributed by atoms with Gasteiger partial charge in [-0.25, -0.2) is 0 Å². The molecule has 1 aliphatic carbocycles. The second-order valence-electron chi connectivity index (χ2n) is 4.02. The summed E-state index contributed by atoms with van der Waals surface area (Å²) in [6.45, 7) is 0. The average Bonchev–Trinajstić information content (AvgIpc) is 2.98. The summed E-state index contributed by atoms with van der Waals surface area (Å²) in [6.07, 6.45) is 2.11. The van der Waals surface area contributed by atoms with Gasteiger partial charge in [0.15, 0.2) is 0 Å². The van der Waals surface area contributed by atoms with Gasteiger partial charge < -0.3 is 5.32 Å². The van der Waals surface area contributed by atoms with Crippen LogP contribution in [0.3, 0.4) is 0 Å². The molecule has 1 aromatic rings. The minimum Gasteiger partial charge on any atom is -0.325 e. The maximum atomic E-state index is 11.8. The molecule has 72 valence electrons. The molecule has 0 atom stereocenters. The van der Waals surface area contributed by atoms with E-state index in [2.05, 4.69) is 11.4 Å². The first-order chi connectivity index (χ1) is 6.80. The minimum absolute atomic E-state index is 0.0380. The summed E-state index contributed by atoms with van der Waals surface area (Å²) in [6, 6.07) is 8.02. The Hall–Kier alpha value is -0.960. The van der Waals surface area contributed by atoms with Gasteiger partial charge in [-0.15, -0.1) is 11.8 Å². The number of para-hydroxylation sites is 1. The maximum Gasteiger partial charge on any atom is 0.231 e. The van der Waals surface area contributed by atoms with Crippen LogP contribution in [0.1, 0.15) is 12.8 Å². The van der Waals surface area contributed by atoms with E-state index in [4.69, 9.17) is 0 Å².